The SMILES string of the molecule is CCCC1C(CC(F)(F)F)CCC2C1CCC1(C)C(CCc3ccc(C)cc3)CCC21. The maximum absolute atomic E-state index is 13.3. The lowest BCUT2D eigenvalue weighted by Crippen LogP contribution is -2.48. The van der Waals surface area contributed by atoms with E-state index in [1.165, 1.54) is 36.8 Å². The fraction of sp³-hybridized carbons (Fsp3) is 0.786. The zero-order chi connectivity index (χ0) is 22.2. The van der Waals surface area contributed by atoms with Gasteiger partial charge in [-0.15, -0.1) is 0 Å². The molecule has 3 fully saturated rings. The molecule has 7 unspecified atom stereocenters. The van der Waals surface area contributed by atoms with Crippen LogP contribution < -0.4 is 0 Å². The first-order valence-electron chi connectivity index (χ1n) is 12.8. The summed E-state index contributed by atoms with van der Waals surface area (Å²) < 4.78 is 39.8. The monoisotopic (exact) mass is 434 g/mol. The van der Waals surface area contributed by atoms with Crippen LogP contribution >= 0.6 is 0 Å². The molecule has 0 aromatic heterocycles. The Morgan fingerprint density at radius 1 is 0.935 bits per heavy atom. The van der Waals surface area contributed by atoms with Crippen molar-refractivity contribution in [1.29, 1.82) is 0 Å². The van der Waals surface area contributed by atoms with Gasteiger partial charge in [-0.25, -0.2) is 0 Å². The third kappa shape index (κ3) is 4.86. The van der Waals surface area contributed by atoms with Crippen LogP contribution in [0, 0.1) is 47.8 Å². The van der Waals surface area contributed by atoms with E-state index in [0.29, 0.717) is 23.2 Å². The van der Waals surface area contributed by atoms with Crippen LogP contribution in [0.3, 0.4) is 0 Å². The molecule has 3 aliphatic carbocycles. The Morgan fingerprint density at radius 2 is 1.68 bits per heavy atom. The Labute approximate surface area is 187 Å². The third-order valence-corrected chi connectivity index (χ3v) is 9.73. The van der Waals surface area contributed by atoms with Crippen LogP contribution in [-0.4, -0.2) is 6.18 Å². The molecule has 0 aliphatic heterocycles. The molecule has 3 aliphatic rings. The predicted molar refractivity (Wildman–Crippen MR) is 122 cm³/mol. The van der Waals surface area contributed by atoms with Crippen LogP contribution in [-0.2, 0) is 6.42 Å². The Morgan fingerprint density at radius 3 is 2.35 bits per heavy atom. The highest BCUT2D eigenvalue weighted by Crippen LogP contribution is 2.64. The van der Waals surface area contributed by atoms with E-state index in [2.05, 4.69) is 45.0 Å². The molecule has 0 saturated heterocycles. The molecule has 1 aromatic carbocycles. The normalized spacial score (nSPS) is 38.0. The first kappa shape index (κ1) is 23.2. The van der Waals surface area contributed by atoms with Crippen LogP contribution in [0.4, 0.5) is 13.2 Å². The number of hydrogen-bond acceptors (Lipinski definition) is 0. The molecule has 0 heterocycles. The van der Waals surface area contributed by atoms with E-state index in [1.54, 1.807) is 0 Å². The minimum absolute atomic E-state index is 0.135. The fourth-order valence-corrected chi connectivity index (χ4v) is 8.25. The first-order chi connectivity index (χ1) is 14.7. The van der Waals surface area contributed by atoms with E-state index in [4.69, 9.17) is 0 Å². The molecular weight excluding hydrogens is 393 g/mol. The fourth-order valence-electron chi connectivity index (χ4n) is 8.25. The van der Waals surface area contributed by atoms with Crippen molar-refractivity contribution in [2.75, 3.05) is 0 Å². The second-order valence-electron chi connectivity index (χ2n) is 11.4. The Bertz CT molecular complexity index is 721. The molecule has 1 aromatic rings. The second kappa shape index (κ2) is 9.10. The van der Waals surface area contributed by atoms with Gasteiger partial charge in [-0.2, -0.15) is 13.2 Å². The zero-order valence-corrected chi connectivity index (χ0v) is 19.7. The summed E-state index contributed by atoms with van der Waals surface area (Å²) in [7, 11) is 0. The van der Waals surface area contributed by atoms with E-state index in [0.717, 1.165) is 50.4 Å². The van der Waals surface area contributed by atoms with Crippen molar-refractivity contribution in [3.05, 3.63) is 35.4 Å². The number of aryl methyl sites for hydroxylation is 2. The summed E-state index contributed by atoms with van der Waals surface area (Å²) >= 11 is 0. The average molecular weight is 435 g/mol. The van der Waals surface area contributed by atoms with Gasteiger partial charge in [0.1, 0.15) is 0 Å². The third-order valence-electron chi connectivity index (χ3n) is 9.73. The highest BCUT2D eigenvalue weighted by atomic mass is 19.4. The summed E-state index contributed by atoms with van der Waals surface area (Å²) in [5.41, 5.74) is 3.17. The minimum Gasteiger partial charge on any atom is -0.171 e. The summed E-state index contributed by atoms with van der Waals surface area (Å²) in [4.78, 5) is 0. The summed E-state index contributed by atoms with van der Waals surface area (Å²) in [6.07, 6.45) is 6.72. The van der Waals surface area contributed by atoms with Gasteiger partial charge in [0, 0.05) is 6.42 Å². The topological polar surface area (TPSA) is 0 Å². The number of alkyl halides is 3. The Hall–Kier alpha value is -0.990. The van der Waals surface area contributed by atoms with Gasteiger partial charge in [0.15, 0.2) is 0 Å². The lowest BCUT2D eigenvalue weighted by atomic mass is 9.50. The summed E-state index contributed by atoms with van der Waals surface area (Å²) in [5, 5.41) is 0. The maximum Gasteiger partial charge on any atom is 0.389 e. The van der Waals surface area contributed by atoms with Crippen molar-refractivity contribution in [3.63, 3.8) is 0 Å². The molecule has 0 N–H and O–H groups in total. The van der Waals surface area contributed by atoms with Crippen LogP contribution in [0.5, 0.6) is 0 Å². The molecule has 174 valence electrons. The number of halogens is 3. The van der Waals surface area contributed by atoms with Crippen molar-refractivity contribution in [1.82, 2.24) is 0 Å². The molecule has 31 heavy (non-hydrogen) atoms. The largest absolute Gasteiger partial charge is 0.389 e. The van der Waals surface area contributed by atoms with Crippen LogP contribution in [0.15, 0.2) is 24.3 Å². The van der Waals surface area contributed by atoms with Crippen LogP contribution in [0.1, 0.15) is 89.2 Å². The highest BCUT2D eigenvalue weighted by Gasteiger charge is 2.56. The lowest BCUT2D eigenvalue weighted by Gasteiger charge is -2.55. The molecular formula is C28H41F3. The Kier molecular flexibility index (Phi) is 6.80. The smallest absolute Gasteiger partial charge is 0.171 e. The summed E-state index contributed by atoms with van der Waals surface area (Å²) in [5.74, 6) is 2.88. The lowest BCUT2D eigenvalue weighted by molar-refractivity contribution is -0.160. The maximum atomic E-state index is 13.3. The Balaban J connectivity index is 1.44. The number of rotatable bonds is 6. The molecule has 3 heteroatoms. The van der Waals surface area contributed by atoms with Crippen molar-refractivity contribution in [3.8, 4) is 0 Å². The number of fused-ring (bicyclic) bond motifs is 3. The molecule has 0 amide bonds. The van der Waals surface area contributed by atoms with E-state index in [-0.39, 0.29) is 5.92 Å². The van der Waals surface area contributed by atoms with Crippen molar-refractivity contribution in [2.24, 2.45) is 40.9 Å². The van der Waals surface area contributed by atoms with E-state index < -0.39 is 12.6 Å². The van der Waals surface area contributed by atoms with Gasteiger partial charge < -0.3 is 0 Å². The van der Waals surface area contributed by atoms with E-state index in [9.17, 15) is 13.2 Å². The second-order valence-corrected chi connectivity index (χ2v) is 11.4. The van der Waals surface area contributed by atoms with E-state index in [1.807, 2.05) is 0 Å². The van der Waals surface area contributed by atoms with Crippen LogP contribution in [0.2, 0.25) is 0 Å². The predicted octanol–water partition coefficient (Wildman–Crippen LogP) is 8.77. The van der Waals surface area contributed by atoms with Gasteiger partial charge >= 0.3 is 6.18 Å². The van der Waals surface area contributed by atoms with Gasteiger partial charge in [-0.05, 0) is 105 Å². The van der Waals surface area contributed by atoms with Crippen molar-refractivity contribution in [2.45, 2.75) is 97.6 Å². The van der Waals surface area contributed by atoms with Gasteiger partial charge in [0.05, 0.1) is 0 Å². The van der Waals surface area contributed by atoms with E-state index >= 15 is 0 Å². The summed E-state index contributed by atoms with van der Waals surface area (Å²) in [6.45, 7) is 6.83. The molecule has 7 atom stereocenters. The minimum atomic E-state index is -4.01. The highest BCUT2D eigenvalue weighted by molar-refractivity contribution is 5.21. The quantitative estimate of drug-likeness (QED) is 0.420. The number of benzene rings is 1. The molecule has 3 saturated carbocycles. The van der Waals surface area contributed by atoms with Crippen molar-refractivity contribution < 1.29 is 13.2 Å². The molecule has 4 rings (SSSR count). The standard InChI is InChI=1S/C28H41F3/c1-4-5-23-21(18-28(29,30)31)11-14-25-24(23)16-17-27(3)22(13-15-26(25)27)12-10-20-8-6-19(2)7-9-20/h6-9,21-26H,4-5,10-18H2,1-3H3. The average Bonchev–Trinajstić information content (AvgIpc) is 3.05. The molecule has 0 nitrogen and oxygen atoms in total. The van der Waals surface area contributed by atoms with Gasteiger partial charge in [0.2, 0.25) is 0 Å². The summed E-state index contributed by atoms with van der Waals surface area (Å²) in [6, 6.07) is 8.98. The van der Waals surface area contributed by atoms with Crippen LogP contribution in [0.25, 0.3) is 0 Å². The van der Waals surface area contributed by atoms with Gasteiger partial charge in [-0.1, -0.05) is 56.5 Å². The number of hydrogen-bond donors (Lipinski definition) is 0. The van der Waals surface area contributed by atoms with Gasteiger partial charge in [-0.3, -0.25) is 0 Å². The van der Waals surface area contributed by atoms with Gasteiger partial charge in [0.25, 0.3) is 0 Å². The molecule has 0 spiro atoms. The molecule has 0 bridgehead atoms. The molecule has 0 radical (unpaired) electrons. The first-order valence-corrected chi connectivity index (χ1v) is 12.8. The zero-order valence-electron chi connectivity index (χ0n) is 19.7. The van der Waals surface area contributed by atoms with Crippen molar-refractivity contribution >= 4 is 0 Å².